The molecular weight excluding hydrogens is 394 g/mol. The van der Waals surface area contributed by atoms with Crippen LogP contribution in [-0.4, -0.2) is 49.9 Å². The van der Waals surface area contributed by atoms with Crippen molar-refractivity contribution in [3.05, 3.63) is 59.3 Å². The van der Waals surface area contributed by atoms with Gasteiger partial charge < -0.3 is 5.32 Å². The lowest BCUT2D eigenvalue weighted by Crippen LogP contribution is -2.49. The first-order valence-electron chi connectivity index (χ1n) is 10.7. The summed E-state index contributed by atoms with van der Waals surface area (Å²) in [7, 11) is 1.74. The van der Waals surface area contributed by atoms with Gasteiger partial charge in [-0.2, -0.15) is 5.10 Å². The van der Waals surface area contributed by atoms with Crippen molar-refractivity contribution in [3.63, 3.8) is 0 Å². The van der Waals surface area contributed by atoms with Crippen molar-refractivity contribution in [2.24, 2.45) is 0 Å². The minimum Gasteiger partial charge on any atom is -0.337 e. The smallest absolute Gasteiger partial charge is 0.291 e. The van der Waals surface area contributed by atoms with Crippen LogP contribution in [0.15, 0.2) is 36.4 Å². The monoisotopic (exact) mass is 419 g/mol. The summed E-state index contributed by atoms with van der Waals surface area (Å²) in [6.45, 7) is 0.716. The first-order valence-corrected chi connectivity index (χ1v) is 10.7. The number of aromatic nitrogens is 5. The third-order valence-corrected chi connectivity index (χ3v) is 5.86. The molecule has 1 aliphatic carbocycles. The second-order valence-electron chi connectivity index (χ2n) is 8.26. The third-order valence-electron chi connectivity index (χ3n) is 5.86. The number of amides is 2. The quantitative estimate of drug-likeness (QED) is 0.658. The molecule has 31 heavy (non-hydrogen) atoms. The summed E-state index contributed by atoms with van der Waals surface area (Å²) in [6.07, 6.45) is 4.16. The summed E-state index contributed by atoms with van der Waals surface area (Å²) in [5.74, 6) is 1.36. The molecule has 2 N–H and O–H groups in total. The molecule has 9 nitrogen and oxygen atoms in total. The Morgan fingerprint density at radius 3 is 2.81 bits per heavy atom. The average Bonchev–Trinajstić information content (AvgIpc) is 3.38. The number of anilines is 1. The van der Waals surface area contributed by atoms with Crippen molar-refractivity contribution in [1.82, 2.24) is 30.3 Å². The highest BCUT2D eigenvalue weighted by molar-refractivity contribution is 6.00. The van der Waals surface area contributed by atoms with Crippen molar-refractivity contribution in [3.8, 4) is 0 Å². The van der Waals surface area contributed by atoms with Crippen LogP contribution in [0.2, 0.25) is 0 Å². The van der Waals surface area contributed by atoms with Crippen molar-refractivity contribution in [1.29, 1.82) is 0 Å². The number of benzene rings is 1. The number of nitrogens with zero attached hydrogens (tertiary/aromatic N) is 5. The number of hydrogen-bond acceptors (Lipinski definition) is 5. The van der Waals surface area contributed by atoms with Crippen LogP contribution in [0, 0.1) is 0 Å². The van der Waals surface area contributed by atoms with E-state index in [0.29, 0.717) is 31.1 Å². The largest absolute Gasteiger partial charge is 0.337 e. The molecule has 0 bridgehead atoms. The molecule has 1 unspecified atom stereocenters. The fourth-order valence-electron chi connectivity index (χ4n) is 3.98. The van der Waals surface area contributed by atoms with Gasteiger partial charge in [0.1, 0.15) is 17.7 Å². The molecule has 1 aliphatic heterocycles. The normalized spacial score (nSPS) is 18.9. The van der Waals surface area contributed by atoms with Crippen LogP contribution in [0.3, 0.4) is 0 Å². The standard InChI is InChI=1S/C22H25N7O2/c1-28-19-13-17(15-9-10-15)27-29(19)11-5-8-16(22(28)31)23-21(30)20-24-18(25-26-20)12-14-6-3-2-4-7-14/h2-4,6-7,13,15-16H,5,8-12H2,1H3,(H,23,30)(H,24,25,26). The Kier molecular flexibility index (Phi) is 5.01. The maximum absolute atomic E-state index is 13.1. The Morgan fingerprint density at radius 1 is 1.23 bits per heavy atom. The topological polar surface area (TPSA) is 109 Å². The highest BCUT2D eigenvalue weighted by Gasteiger charge is 2.33. The summed E-state index contributed by atoms with van der Waals surface area (Å²) in [6, 6.07) is 11.2. The fourth-order valence-corrected chi connectivity index (χ4v) is 3.98. The van der Waals surface area contributed by atoms with Crippen molar-refractivity contribution in [2.75, 3.05) is 11.9 Å². The molecule has 0 saturated heterocycles. The first-order chi connectivity index (χ1) is 15.1. The predicted octanol–water partition coefficient (Wildman–Crippen LogP) is 2.02. The summed E-state index contributed by atoms with van der Waals surface area (Å²) in [5, 5.41) is 14.4. The van der Waals surface area contributed by atoms with E-state index in [1.54, 1.807) is 11.9 Å². The van der Waals surface area contributed by atoms with Crippen LogP contribution in [0.1, 0.15) is 59.3 Å². The molecule has 1 fully saturated rings. The minimum absolute atomic E-state index is 0.0458. The van der Waals surface area contributed by atoms with E-state index in [1.807, 2.05) is 41.1 Å². The average molecular weight is 419 g/mol. The van der Waals surface area contributed by atoms with Crippen molar-refractivity contribution < 1.29 is 9.59 Å². The zero-order valence-corrected chi connectivity index (χ0v) is 17.4. The zero-order chi connectivity index (χ0) is 21.4. The Balaban J connectivity index is 1.27. The van der Waals surface area contributed by atoms with Gasteiger partial charge >= 0.3 is 0 Å². The summed E-state index contributed by atoms with van der Waals surface area (Å²) >= 11 is 0. The van der Waals surface area contributed by atoms with Crippen LogP contribution in [0.5, 0.6) is 0 Å². The number of hydrogen-bond donors (Lipinski definition) is 2. The van der Waals surface area contributed by atoms with E-state index in [9.17, 15) is 9.59 Å². The number of rotatable bonds is 5. The van der Waals surface area contributed by atoms with Gasteiger partial charge in [-0.25, -0.2) is 9.67 Å². The molecule has 5 rings (SSSR count). The maximum Gasteiger partial charge on any atom is 0.291 e. The van der Waals surface area contributed by atoms with Gasteiger partial charge in [0.2, 0.25) is 11.7 Å². The van der Waals surface area contributed by atoms with E-state index in [0.717, 1.165) is 36.3 Å². The fraction of sp³-hybridized carbons (Fsp3) is 0.409. The van der Waals surface area contributed by atoms with Crippen LogP contribution < -0.4 is 10.2 Å². The molecule has 0 radical (unpaired) electrons. The summed E-state index contributed by atoms with van der Waals surface area (Å²) in [4.78, 5) is 31.7. The third kappa shape index (κ3) is 4.08. The Morgan fingerprint density at radius 2 is 2.03 bits per heavy atom. The number of aryl methyl sites for hydroxylation is 1. The number of H-pyrrole nitrogens is 1. The highest BCUT2D eigenvalue weighted by atomic mass is 16.2. The van der Waals surface area contributed by atoms with E-state index in [1.165, 1.54) is 0 Å². The molecule has 1 aromatic carbocycles. The van der Waals surface area contributed by atoms with E-state index in [4.69, 9.17) is 0 Å². The van der Waals surface area contributed by atoms with Crippen LogP contribution in [0.25, 0.3) is 0 Å². The predicted molar refractivity (Wildman–Crippen MR) is 114 cm³/mol. The van der Waals surface area contributed by atoms with Gasteiger partial charge in [-0.1, -0.05) is 30.3 Å². The lowest BCUT2D eigenvalue weighted by Gasteiger charge is -2.27. The second-order valence-corrected chi connectivity index (χ2v) is 8.26. The zero-order valence-electron chi connectivity index (χ0n) is 17.4. The van der Waals surface area contributed by atoms with Gasteiger partial charge in [0, 0.05) is 32.0 Å². The van der Waals surface area contributed by atoms with E-state index < -0.39 is 11.9 Å². The van der Waals surface area contributed by atoms with Gasteiger partial charge in [0.15, 0.2) is 0 Å². The Bertz CT molecular complexity index is 1100. The minimum atomic E-state index is -0.624. The number of carbonyl (C=O) groups excluding carboxylic acids is 2. The van der Waals surface area contributed by atoms with Gasteiger partial charge in [-0.05, 0) is 31.2 Å². The van der Waals surface area contributed by atoms with E-state index in [2.05, 4.69) is 25.6 Å². The second kappa shape index (κ2) is 7.98. The Labute approximate surface area is 179 Å². The molecule has 3 aromatic rings. The van der Waals surface area contributed by atoms with E-state index in [-0.39, 0.29) is 11.7 Å². The molecule has 1 saturated carbocycles. The molecule has 3 heterocycles. The molecule has 9 heteroatoms. The number of fused-ring (bicyclic) bond motifs is 1. The SMILES string of the molecule is CN1C(=O)C(NC(=O)c2n[nH]c(Cc3ccccc3)n2)CCCn2nc(C3CC3)cc21. The number of likely N-dealkylation sites (N-methyl/N-ethyl adjacent to an activating group) is 1. The lowest BCUT2D eigenvalue weighted by atomic mass is 10.1. The molecule has 160 valence electrons. The lowest BCUT2D eigenvalue weighted by molar-refractivity contribution is -0.120. The molecule has 2 aliphatic rings. The first kappa shape index (κ1) is 19.5. The number of carbonyl (C=O) groups is 2. The van der Waals surface area contributed by atoms with Gasteiger partial charge in [0.25, 0.3) is 5.91 Å². The van der Waals surface area contributed by atoms with Crippen LogP contribution in [-0.2, 0) is 17.8 Å². The molecule has 1 atom stereocenters. The van der Waals surface area contributed by atoms with Gasteiger partial charge in [-0.15, -0.1) is 5.10 Å². The van der Waals surface area contributed by atoms with Crippen molar-refractivity contribution >= 4 is 17.6 Å². The van der Waals surface area contributed by atoms with Crippen LogP contribution >= 0.6 is 0 Å². The van der Waals surface area contributed by atoms with E-state index >= 15 is 0 Å². The van der Waals surface area contributed by atoms with Crippen molar-refractivity contribution in [2.45, 2.75) is 50.6 Å². The Hall–Kier alpha value is -3.49. The maximum atomic E-state index is 13.1. The molecular formula is C22H25N7O2. The van der Waals surface area contributed by atoms with Crippen LogP contribution in [0.4, 0.5) is 5.82 Å². The summed E-state index contributed by atoms with van der Waals surface area (Å²) in [5.41, 5.74) is 2.13. The molecule has 2 amide bonds. The molecule has 0 spiro atoms. The number of nitrogens with one attached hydrogen (secondary N) is 2. The number of aromatic amines is 1. The summed E-state index contributed by atoms with van der Waals surface area (Å²) < 4.78 is 1.91. The van der Waals surface area contributed by atoms with Gasteiger partial charge in [-0.3, -0.25) is 19.6 Å². The van der Waals surface area contributed by atoms with Gasteiger partial charge in [0.05, 0.1) is 5.69 Å². The highest BCUT2D eigenvalue weighted by Crippen LogP contribution is 2.40. The molecule has 2 aromatic heterocycles.